The summed E-state index contributed by atoms with van der Waals surface area (Å²) in [6.45, 7) is 11.7. The van der Waals surface area contributed by atoms with Gasteiger partial charge in [-0.05, 0) is 100 Å². The molecule has 19 N–H and O–H groups in total. The van der Waals surface area contributed by atoms with Gasteiger partial charge in [0.1, 0.15) is 36.3 Å². The Morgan fingerprint density at radius 1 is 0.507 bits per heavy atom. The van der Waals surface area contributed by atoms with Crippen molar-refractivity contribution in [3.05, 3.63) is 35.9 Å². The average molecular weight is 945 g/mol. The number of rotatable bonds is 33. The van der Waals surface area contributed by atoms with Crippen LogP contribution in [0.3, 0.4) is 0 Å². The van der Waals surface area contributed by atoms with Gasteiger partial charge in [0.2, 0.25) is 35.4 Å². The lowest BCUT2D eigenvalue weighted by Crippen LogP contribution is -2.60. The first-order valence-electron chi connectivity index (χ1n) is 23.2. The number of unbranched alkanes of at least 4 members (excludes halogenated alkanes) is 1. The summed E-state index contributed by atoms with van der Waals surface area (Å²) in [6.07, 6.45) is 2.49. The summed E-state index contributed by atoms with van der Waals surface area (Å²) in [5.74, 6) is -5.97. The molecule has 1 rings (SSSR count). The quantitative estimate of drug-likeness (QED) is 0.0227. The number of hydrogen-bond acceptors (Lipinski definition) is 11. The first kappa shape index (κ1) is 59.0. The van der Waals surface area contributed by atoms with E-state index in [0.29, 0.717) is 19.4 Å². The predicted molar refractivity (Wildman–Crippen MR) is 258 cm³/mol. The van der Waals surface area contributed by atoms with Gasteiger partial charge in [-0.2, -0.15) is 0 Å². The van der Waals surface area contributed by atoms with Crippen molar-refractivity contribution in [2.45, 2.75) is 154 Å². The Bertz CT molecular complexity index is 1770. The SMILES string of the molecule is CC(C)C[C@H](NC(=O)[C@H](CC(C)C)NC(=O)[C@H](CC(C)C)NC(=O)[C@H](CCCN=C(N)N)NC(=O)[C@H](CCCCN)NC(=O)[C@@H](N)Cc1ccccc1)C(=O)N[C@@H](CCCN=C(N)N)C(=O)O. The van der Waals surface area contributed by atoms with Crippen molar-refractivity contribution < 1.29 is 38.7 Å². The molecule has 1 aromatic carbocycles. The molecule has 0 radical (unpaired) electrons. The second-order valence-corrected chi connectivity index (χ2v) is 18.1. The first-order chi connectivity index (χ1) is 31.5. The summed E-state index contributed by atoms with van der Waals surface area (Å²) in [6, 6.07) is 1.11. The monoisotopic (exact) mass is 945 g/mol. The average Bonchev–Trinajstić information content (AvgIpc) is 3.23. The largest absolute Gasteiger partial charge is 0.480 e. The van der Waals surface area contributed by atoms with Crippen molar-refractivity contribution in [2.75, 3.05) is 19.6 Å². The molecule has 22 nitrogen and oxygen atoms in total. The zero-order valence-electron chi connectivity index (χ0n) is 40.2. The van der Waals surface area contributed by atoms with E-state index in [1.807, 2.05) is 71.9 Å². The smallest absolute Gasteiger partial charge is 0.326 e. The number of nitrogens with zero attached hydrogens (tertiary/aromatic N) is 2. The standard InChI is InChI=1S/C45H80N14O8/c1-26(2)22-34(40(63)56-33(43(66)67)18-13-21-53-45(50)51)58-42(65)36(24-28(5)6)59-41(64)35(23-27(3)4)57-39(62)32(17-12-20-52-44(48)49)55-38(61)31(16-10-11-19-46)54-37(60)30(47)25-29-14-8-7-9-15-29/h7-9,14-15,26-28,30-36H,10-13,16-25,46-47H2,1-6H3,(H,54,60)(H,55,61)(H,56,63)(H,57,62)(H,58,65)(H,59,64)(H,66,67)(H4,48,49,52)(H4,50,51,53)/t30-,31-,32-,33-,34-,35-,36-/m0/s1. The van der Waals surface area contributed by atoms with Crippen LogP contribution in [0, 0.1) is 17.8 Å². The number of nitrogens with one attached hydrogen (secondary N) is 6. The molecule has 378 valence electrons. The van der Waals surface area contributed by atoms with E-state index >= 15 is 0 Å². The minimum Gasteiger partial charge on any atom is -0.480 e. The second kappa shape index (κ2) is 31.8. The molecule has 0 saturated carbocycles. The van der Waals surface area contributed by atoms with E-state index < -0.39 is 83.7 Å². The van der Waals surface area contributed by atoms with Crippen molar-refractivity contribution >= 4 is 53.3 Å². The molecule has 0 heterocycles. The van der Waals surface area contributed by atoms with E-state index in [1.54, 1.807) is 0 Å². The van der Waals surface area contributed by atoms with Crippen LogP contribution in [0.25, 0.3) is 0 Å². The summed E-state index contributed by atoms with van der Waals surface area (Å²) in [5, 5.41) is 26.1. The summed E-state index contributed by atoms with van der Waals surface area (Å²) >= 11 is 0. The lowest BCUT2D eigenvalue weighted by molar-refractivity contribution is -0.142. The van der Waals surface area contributed by atoms with Gasteiger partial charge in [0, 0.05) is 13.1 Å². The molecule has 0 aromatic heterocycles. The van der Waals surface area contributed by atoms with E-state index in [1.165, 1.54) is 0 Å². The Balaban J connectivity index is 3.40. The first-order valence-corrected chi connectivity index (χ1v) is 23.2. The highest BCUT2D eigenvalue weighted by atomic mass is 16.4. The van der Waals surface area contributed by atoms with Gasteiger partial charge in [0.15, 0.2) is 11.9 Å². The summed E-state index contributed by atoms with van der Waals surface area (Å²) in [5.41, 5.74) is 34.6. The fourth-order valence-corrected chi connectivity index (χ4v) is 7.00. The highest BCUT2D eigenvalue weighted by Gasteiger charge is 2.34. The maximum atomic E-state index is 14.2. The lowest BCUT2D eigenvalue weighted by Gasteiger charge is -2.29. The van der Waals surface area contributed by atoms with E-state index in [0.717, 1.165) is 5.56 Å². The zero-order valence-corrected chi connectivity index (χ0v) is 40.2. The maximum Gasteiger partial charge on any atom is 0.326 e. The van der Waals surface area contributed by atoms with Crippen LogP contribution in [0.1, 0.15) is 111 Å². The van der Waals surface area contributed by atoms with E-state index in [4.69, 9.17) is 34.4 Å². The number of nitrogens with two attached hydrogens (primary N) is 6. The number of carboxylic acids is 1. The third-order valence-electron chi connectivity index (χ3n) is 10.4. The lowest BCUT2D eigenvalue weighted by atomic mass is 9.98. The third-order valence-corrected chi connectivity index (χ3v) is 10.4. The molecule has 0 aliphatic carbocycles. The van der Waals surface area contributed by atoms with Crippen LogP contribution in [-0.4, -0.2) is 120 Å². The van der Waals surface area contributed by atoms with Crippen molar-refractivity contribution in [3.8, 4) is 0 Å². The molecule has 7 atom stereocenters. The van der Waals surface area contributed by atoms with Crippen LogP contribution in [0.2, 0.25) is 0 Å². The van der Waals surface area contributed by atoms with Gasteiger partial charge in [-0.25, -0.2) is 4.79 Å². The van der Waals surface area contributed by atoms with Crippen molar-refractivity contribution in [1.29, 1.82) is 0 Å². The molecule has 22 heteroatoms. The molecule has 67 heavy (non-hydrogen) atoms. The van der Waals surface area contributed by atoms with Gasteiger partial charge < -0.3 is 71.4 Å². The van der Waals surface area contributed by atoms with E-state index in [9.17, 15) is 38.7 Å². The number of benzene rings is 1. The fraction of sp³-hybridized carbons (Fsp3) is 0.667. The van der Waals surface area contributed by atoms with Crippen LogP contribution in [0.4, 0.5) is 0 Å². The summed E-state index contributed by atoms with van der Waals surface area (Å²) in [4.78, 5) is 103. The van der Waals surface area contributed by atoms with Crippen molar-refractivity contribution in [2.24, 2.45) is 62.1 Å². The Hall–Kier alpha value is -6.03. The number of amides is 6. The number of hydrogen-bond donors (Lipinski definition) is 13. The molecule has 1 aromatic rings. The second-order valence-electron chi connectivity index (χ2n) is 18.1. The Morgan fingerprint density at radius 2 is 0.851 bits per heavy atom. The molecule has 0 saturated heterocycles. The van der Waals surface area contributed by atoms with Gasteiger partial charge in [-0.1, -0.05) is 71.9 Å². The van der Waals surface area contributed by atoms with E-state index in [2.05, 4.69) is 41.9 Å². The molecule has 0 aliphatic heterocycles. The maximum absolute atomic E-state index is 14.2. The number of carboxylic acid groups (broad SMARTS) is 1. The molecule has 0 bridgehead atoms. The highest BCUT2D eigenvalue weighted by molar-refractivity contribution is 5.97. The van der Waals surface area contributed by atoms with Crippen LogP contribution >= 0.6 is 0 Å². The van der Waals surface area contributed by atoms with Gasteiger partial charge in [-0.3, -0.25) is 38.8 Å². The minimum atomic E-state index is -1.29. The van der Waals surface area contributed by atoms with Gasteiger partial charge in [0.25, 0.3) is 0 Å². The molecular weight excluding hydrogens is 865 g/mol. The normalized spacial score (nSPS) is 14.3. The van der Waals surface area contributed by atoms with Crippen LogP contribution in [0.15, 0.2) is 40.3 Å². The number of guanidine groups is 2. The van der Waals surface area contributed by atoms with Crippen LogP contribution in [0.5, 0.6) is 0 Å². The van der Waals surface area contributed by atoms with Gasteiger partial charge in [-0.15, -0.1) is 0 Å². The fourth-order valence-electron chi connectivity index (χ4n) is 7.00. The Labute approximate surface area is 395 Å². The number of carbonyl (C=O) groups excluding carboxylic acids is 6. The molecule has 6 amide bonds. The number of carbonyl (C=O) groups is 7. The minimum absolute atomic E-state index is 0.0197. The molecule has 0 unspecified atom stereocenters. The molecule has 0 fully saturated rings. The van der Waals surface area contributed by atoms with Crippen LogP contribution in [-0.2, 0) is 40.0 Å². The van der Waals surface area contributed by atoms with Gasteiger partial charge >= 0.3 is 5.97 Å². The highest BCUT2D eigenvalue weighted by Crippen LogP contribution is 2.13. The Kier molecular flexibility index (Phi) is 28.0. The zero-order chi connectivity index (χ0) is 50.6. The van der Waals surface area contributed by atoms with Crippen molar-refractivity contribution in [3.63, 3.8) is 0 Å². The summed E-state index contributed by atoms with van der Waals surface area (Å²) < 4.78 is 0. The van der Waals surface area contributed by atoms with Gasteiger partial charge in [0.05, 0.1) is 6.04 Å². The molecule has 0 spiro atoms. The Morgan fingerprint density at radius 3 is 1.22 bits per heavy atom. The predicted octanol–water partition coefficient (Wildman–Crippen LogP) is -1.08. The number of aliphatic carboxylic acids is 1. The summed E-state index contributed by atoms with van der Waals surface area (Å²) in [7, 11) is 0. The van der Waals surface area contributed by atoms with Crippen LogP contribution < -0.4 is 66.3 Å². The van der Waals surface area contributed by atoms with E-state index in [-0.39, 0.29) is 101 Å². The molecule has 0 aliphatic rings. The van der Waals surface area contributed by atoms with Crippen molar-refractivity contribution in [1.82, 2.24) is 31.9 Å². The topological polar surface area (TPSA) is 393 Å². The third kappa shape index (κ3) is 25.5. The molecular formula is C45H80N14O8. The number of aliphatic imine (C=N–C) groups is 2.